The summed E-state index contributed by atoms with van der Waals surface area (Å²) in [5, 5.41) is 9.12. The zero-order chi connectivity index (χ0) is 14.0. The first kappa shape index (κ1) is 14.1. The molecular formula is C12H12Cl2N2O3. The number of carbonyl (C=O) groups excluding carboxylic acids is 1. The summed E-state index contributed by atoms with van der Waals surface area (Å²) in [5.41, 5.74) is 0.263. The third kappa shape index (κ3) is 3.58. The third-order valence-corrected chi connectivity index (χ3v) is 3.38. The number of aromatic nitrogens is 1. The van der Waals surface area contributed by atoms with E-state index in [1.165, 1.54) is 12.3 Å². The molecule has 1 aromatic heterocycles. The highest BCUT2D eigenvalue weighted by Gasteiger charge is 2.34. The molecule has 1 heterocycles. The molecule has 1 aliphatic rings. The van der Waals surface area contributed by atoms with E-state index >= 15 is 0 Å². The van der Waals surface area contributed by atoms with E-state index in [1.54, 1.807) is 4.90 Å². The molecule has 102 valence electrons. The Labute approximate surface area is 120 Å². The van der Waals surface area contributed by atoms with Crippen molar-refractivity contribution in [3.8, 4) is 0 Å². The van der Waals surface area contributed by atoms with Gasteiger partial charge in [-0.25, -0.2) is 4.98 Å². The number of halogens is 2. The Kier molecular flexibility index (Phi) is 4.27. The molecule has 0 aromatic carbocycles. The first-order chi connectivity index (χ1) is 8.99. The van der Waals surface area contributed by atoms with Crippen LogP contribution in [-0.2, 0) is 4.79 Å². The maximum Gasteiger partial charge on any atom is 0.305 e. The molecule has 0 spiro atoms. The van der Waals surface area contributed by atoms with Crippen molar-refractivity contribution in [3.05, 3.63) is 28.0 Å². The van der Waals surface area contributed by atoms with Gasteiger partial charge in [0.1, 0.15) is 5.15 Å². The largest absolute Gasteiger partial charge is 0.481 e. The minimum Gasteiger partial charge on any atom is -0.481 e. The number of rotatable bonds is 5. The predicted octanol–water partition coefficient (Wildman–Crippen LogP) is 2.47. The molecule has 0 aliphatic heterocycles. The number of hydrogen-bond donors (Lipinski definition) is 1. The summed E-state index contributed by atoms with van der Waals surface area (Å²) in [6.45, 7) is 0.176. The summed E-state index contributed by atoms with van der Waals surface area (Å²) in [7, 11) is 0. The van der Waals surface area contributed by atoms with Crippen molar-refractivity contribution in [2.75, 3.05) is 6.54 Å². The van der Waals surface area contributed by atoms with Crippen molar-refractivity contribution in [2.24, 2.45) is 0 Å². The summed E-state index contributed by atoms with van der Waals surface area (Å²) in [6.07, 6.45) is 3.02. The molecule has 5 nitrogen and oxygen atoms in total. The van der Waals surface area contributed by atoms with Crippen LogP contribution in [-0.4, -0.2) is 39.5 Å². The molecule has 0 unspecified atom stereocenters. The first-order valence-corrected chi connectivity index (χ1v) is 6.58. The van der Waals surface area contributed by atoms with E-state index in [-0.39, 0.29) is 40.7 Å². The lowest BCUT2D eigenvalue weighted by Crippen LogP contribution is -2.35. The second-order valence-electron chi connectivity index (χ2n) is 4.36. The lowest BCUT2D eigenvalue weighted by Gasteiger charge is -2.22. The van der Waals surface area contributed by atoms with Crippen molar-refractivity contribution in [3.63, 3.8) is 0 Å². The normalized spacial score (nSPS) is 14.2. The molecule has 2 rings (SSSR count). The van der Waals surface area contributed by atoms with Crippen LogP contribution < -0.4 is 0 Å². The van der Waals surface area contributed by atoms with E-state index < -0.39 is 5.97 Å². The molecule has 1 fully saturated rings. The number of hydrogen-bond acceptors (Lipinski definition) is 3. The van der Waals surface area contributed by atoms with E-state index in [9.17, 15) is 9.59 Å². The Balaban J connectivity index is 2.18. The van der Waals surface area contributed by atoms with Crippen molar-refractivity contribution in [2.45, 2.75) is 25.3 Å². The Bertz CT molecular complexity index is 518. The molecule has 0 saturated heterocycles. The third-order valence-electron chi connectivity index (χ3n) is 2.87. The van der Waals surface area contributed by atoms with Crippen LogP contribution in [0.5, 0.6) is 0 Å². The fourth-order valence-electron chi connectivity index (χ4n) is 1.78. The van der Waals surface area contributed by atoms with Crippen molar-refractivity contribution >= 4 is 35.1 Å². The van der Waals surface area contributed by atoms with Gasteiger partial charge in [0.2, 0.25) is 0 Å². The van der Waals surface area contributed by atoms with Crippen LogP contribution >= 0.6 is 23.2 Å². The SMILES string of the molecule is O=C(O)CCN(C(=O)c1cc(Cl)ncc1Cl)C1CC1. The van der Waals surface area contributed by atoms with Gasteiger partial charge in [-0.3, -0.25) is 9.59 Å². The van der Waals surface area contributed by atoms with Gasteiger partial charge in [0.25, 0.3) is 5.91 Å². The van der Waals surface area contributed by atoms with Gasteiger partial charge in [0.05, 0.1) is 17.0 Å². The monoisotopic (exact) mass is 302 g/mol. The lowest BCUT2D eigenvalue weighted by atomic mass is 10.2. The number of aliphatic carboxylic acids is 1. The smallest absolute Gasteiger partial charge is 0.305 e. The number of carbonyl (C=O) groups is 2. The van der Waals surface area contributed by atoms with Crippen LogP contribution in [0.2, 0.25) is 10.2 Å². The van der Waals surface area contributed by atoms with Crippen LogP contribution in [0, 0.1) is 0 Å². The van der Waals surface area contributed by atoms with Crippen molar-refractivity contribution in [1.29, 1.82) is 0 Å². The minimum absolute atomic E-state index is 0.0846. The van der Waals surface area contributed by atoms with Gasteiger partial charge in [0.15, 0.2) is 0 Å². The van der Waals surface area contributed by atoms with Crippen LogP contribution in [0.15, 0.2) is 12.3 Å². The predicted molar refractivity (Wildman–Crippen MR) is 70.6 cm³/mol. The molecule has 19 heavy (non-hydrogen) atoms. The molecule has 1 aromatic rings. The van der Waals surface area contributed by atoms with E-state index in [0.29, 0.717) is 0 Å². The van der Waals surface area contributed by atoms with Crippen molar-refractivity contribution < 1.29 is 14.7 Å². The Morgan fingerprint density at radius 2 is 2.11 bits per heavy atom. The zero-order valence-electron chi connectivity index (χ0n) is 9.97. The first-order valence-electron chi connectivity index (χ1n) is 5.83. The summed E-state index contributed by atoms with van der Waals surface area (Å²) >= 11 is 11.7. The highest BCUT2D eigenvalue weighted by atomic mass is 35.5. The fourth-order valence-corrected chi connectivity index (χ4v) is 2.13. The van der Waals surface area contributed by atoms with E-state index in [4.69, 9.17) is 28.3 Å². The van der Waals surface area contributed by atoms with Crippen LogP contribution in [0.4, 0.5) is 0 Å². The number of amides is 1. The summed E-state index contributed by atoms with van der Waals surface area (Å²) in [6, 6.07) is 1.51. The summed E-state index contributed by atoms with van der Waals surface area (Å²) in [4.78, 5) is 28.3. The molecule has 7 heteroatoms. The van der Waals surface area contributed by atoms with E-state index in [0.717, 1.165) is 12.8 Å². The Hall–Kier alpha value is -1.33. The van der Waals surface area contributed by atoms with Crippen molar-refractivity contribution in [1.82, 2.24) is 9.88 Å². The van der Waals surface area contributed by atoms with Gasteiger partial charge in [-0.2, -0.15) is 0 Å². The highest BCUT2D eigenvalue weighted by molar-refractivity contribution is 6.35. The number of pyridine rings is 1. The maximum absolute atomic E-state index is 12.4. The molecule has 0 atom stereocenters. The average Bonchev–Trinajstić information content (AvgIpc) is 3.16. The van der Waals surface area contributed by atoms with Crippen LogP contribution in [0.25, 0.3) is 0 Å². The lowest BCUT2D eigenvalue weighted by molar-refractivity contribution is -0.137. The maximum atomic E-state index is 12.4. The van der Waals surface area contributed by atoms with Gasteiger partial charge in [-0.1, -0.05) is 23.2 Å². The standard InChI is InChI=1S/C12H12Cl2N2O3/c13-9-6-15-10(14)5-8(9)12(19)16(7-1-2-7)4-3-11(17)18/h5-7H,1-4H2,(H,17,18). The van der Waals surface area contributed by atoms with E-state index in [2.05, 4.69) is 4.98 Å². The van der Waals surface area contributed by atoms with Gasteiger partial charge in [-0.15, -0.1) is 0 Å². The topological polar surface area (TPSA) is 70.5 Å². The number of carboxylic acid groups (broad SMARTS) is 1. The van der Waals surface area contributed by atoms with Gasteiger partial charge < -0.3 is 10.0 Å². The second-order valence-corrected chi connectivity index (χ2v) is 5.15. The van der Waals surface area contributed by atoms with Gasteiger partial charge in [-0.05, 0) is 18.9 Å². The molecule has 0 bridgehead atoms. The zero-order valence-corrected chi connectivity index (χ0v) is 11.5. The summed E-state index contributed by atoms with van der Waals surface area (Å²) in [5.74, 6) is -1.23. The average molecular weight is 303 g/mol. The molecule has 1 aliphatic carbocycles. The van der Waals surface area contributed by atoms with Crippen LogP contribution in [0.3, 0.4) is 0 Å². The summed E-state index contributed by atoms with van der Waals surface area (Å²) < 4.78 is 0. The highest BCUT2D eigenvalue weighted by Crippen LogP contribution is 2.30. The van der Waals surface area contributed by atoms with Crippen LogP contribution in [0.1, 0.15) is 29.6 Å². The number of nitrogens with zero attached hydrogens (tertiary/aromatic N) is 2. The Morgan fingerprint density at radius 3 is 2.68 bits per heavy atom. The van der Waals surface area contributed by atoms with E-state index in [1.807, 2.05) is 0 Å². The quantitative estimate of drug-likeness (QED) is 0.848. The Morgan fingerprint density at radius 1 is 1.42 bits per heavy atom. The second kappa shape index (κ2) is 5.75. The molecular weight excluding hydrogens is 291 g/mol. The van der Waals surface area contributed by atoms with Gasteiger partial charge >= 0.3 is 5.97 Å². The fraction of sp³-hybridized carbons (Fsp3) is 0.417. The molecule has 1 amide bonds. The molecule has 0 radical (unpaired) electrons. The van der Waals surface area contributed by atoms with Gasteiger partial charge in [0, 0.05) is 18.8 Å². The minimum atomic E-state index is -0.933. The number of carboxylic acids is 1. The molecule has 1 saturated carbocycles. The molecule has 1 N–H and O–H groups in total.